The summed E-state index contributed by atoms with van der Waals surface area (Å²) in [6.07, 6.45) is 6.29. The molecule has 0 aromatic heterocycles. The summed E-state index contributed by atoms with van der Waals surface area (Å²) in [5, 5.41) is 0. The number of benzene rings is 1. The van der Waals surface area contributed by atoms with Crippen molar-refractivity contribution in [2.75, 3.05) is 14.2 Å². The summed E-state index contributed by atoms with van der Waals surface area (Å²) < 4.78 is 10.6. The lowest BCUT2D eigenvalue weighted by Gasteiger charge is -2.21. The van der Waals surface area contributed by atoms with Crippen LogP contribution >= 0.6 is 0 Å². The Balaban J connectivity index is 2.41. The molecule has 0 N–H and O–H groups in total. The molecule has 0 aliphatic heterocycles. The molecule has 1 fully saturated rings. The van der Waals surface area contributed by atoms with Crippen molar-refractivity contribution in [3.8, 4) is 11.5 Å². The summed E-state index contributed by atoms with van der Waals surface area (Å²) in [6, 6.07) is 5.43. The third-order valence-corrected chi connectivity index (χ3v) is 3.79. The standard InChI is InChI=1S/C15H19NO3/c1-18-12-7-8-14(19-2)13(9-12)15(16-10-17)11-5-3-4-6-11/h7-9,11,15H,3-6H2,1-2H3. The Morgan fingerprint density at radius 1 is 1.26 bits per heavy atom. The zero-order valence-corrected chi connectivity index (χ0v) is 11.4. The normalized spacial score (nSPS) is 16.7. The molecule has 1 aliphatic carbocycles. The fraction of sp³-hybridized carbons (Fsp3) is 0.533. The number of rotatable bonds is 5. The van der Waals surface area contributed by atoms with Crippen LogP contribution in [0.25, 0.3) is 0 Å². The van der Waals surface area contributed by atoms with E-state index in [1.807, 2.05) is 18.2 Å². The molecule has 0 spiro atoms. The molecular formula is C15H19NO3. The molecule has 1 aliphatic rings. The monoisotopic (exact) mass is 261 g/mol. The highest BCUT2D eigenvalue weighted by molar-refractivity contribution is 5.45. The van der Waals surface area contributed by atoms with Gasteiger partial charge in [-0.1, -0.05) is 12.8 Å². The predicted octanol–water partition coefficient (Wildman–Crippen LogP) is 3.27. The quantitative estimate of drug-likeness (QED) is 0.603. The molecule has 1 saturated carbocycles. The van der Waals surface area contributed by atoms with Crippen molar-refractivity contribution in [2.24, 2.45) is 10.9 Å². The van der Waals surface area contributed by atoms with E-state index in [-0.39, 0.29) is 6.04 Å². The largest absolute Gasteiger partial charge is 0.497 e. The molecule has 4 heteroatoms. The summed E-state index contributed by atoms with van der Waals surface area (Å²) >= 11 is 0. The smallest absolute Gasteiger partial charge is 0.235 e. The molecule has 0 amide bonds. The molecule has 1 unspecified atom stereocenters. The second-order valence-electron chi connectivity index (χ2n) is 4.82. The third kappa shape index (κ3) is 2.96. The Labute approximate surface area is 113 Å². The molecule has 0 heterocycles. The van der Waals surface area contributed by atoms with Gasteiger partial charge in [0, 0.05) is 5.56 Å². The number of carbonyl (C=O) groups excluding carboxylic acids is 1. The van der Waals surface area contributed by atoms with Crippen molar-refractivity contribution >= 4 is 6.08 Å². The van der Waals surface area contributed by atoms with E-state index in [0.717, 1.165) is 29.9 Å². The van der Waals surface area contributed by atoms with Gasteiger partial charge in [-0.3, -0.25) is 0 Å². The molecule has 1 atom stereocenters. The van der Waals surface area contributed by atoms with Crippen molar-refractivity contribution in [3.05, 3.63) is 23.8 Å². The van der Waals surface area contributed by atoms with Gasteiger partial charge in [0.1, 0.15) is 11.5 Å². The van der Waals surface area contributed by atoms with E-state index in [1.54, 1.807) is 20.3 Å². The minimum absolute atomic E-state index is 0.176. The van der Waals surface area contributed by atoms with Gasteiger partial charge in [-0.05, 0) is 37.0 Å². The van der Waals surface area contributed by atoms with Gasteiger partial charge in [0.15, 0.2) is 0 Å². The number of isocyanates is 1. The Hall–Kier alpha value is -1.80. The highest BCUT2D eigenvalue weighted by atomic mass is 16.5. The van der Waals surface area contributed by atoms with Crippen LogP contribution in [0.1, 0.15) is 37.3 Å². The van der Waals surface area contributed by atoms with Gasteiger partial charge < -0.3 is 9.47 Å². The first-order valence-corrected chi connectivity index (χ1v) is 6.59. The summed E-state index contributed by atoms with van der Waals surface area (Å²) in [5.41, 5.74) is 0.914. The summed E-state index contributed by atoms with van der Waals surface area (Å²) in [7, 11) is 3.25. The molecule has 2 rings (SSSR count). The van der Waals surface area contributed by atoms with E-state index in [2.05, 4.69) is 4.99 Å². The van der Waals surface area contributed by atoms with E-state index in [4.69, 9.17) is 9.47 Å². The zero-order valence-electron chi connectivity index (χ0n) is 11.4. The summed E-state index contributed by atoms with van der Waals surface area (Å²) in [6.45, 7) is 0. The Morgan fingerprint density at radius 3 is 2.58 bits per heavy atom. The second-order valence-corrected chi connectivity index (χ2v) is 4.82. The first-order chi connectivity index (χ1) is 9.30. The summed E-state index contributed by atoms with van der Waals surface area (Å²) in [5.74, 6) is 1.89. The van der Waals surface area contributed by atoms with Gasteiger partial charge in [0.2, 0.25) is 6.08 Å². The SMILES string of the molecule is COc1ccc(OC)c(C(N=C=O)C2CCCC2)c1. The zero-order chi connectivity index (χ0) is 13.7. The third-order valence-electron chi connectivity index (χ3n) is 3.79. The lowest BCUT2D eigenvalue weighted by molar-refractivity contribution is 0.378. The van der Waals surface area contributed by atoms with E-state index >= 15 is 0 Å². The Morgan fingerprint density at radius 2 is 2.00 bits per heavy atom. The number of hydrogen-bond acceptors (Lipinski definition) is 4. The molecule has 1 aromatic rings. The molecule has 0 radical (unpaired) electrons. The van der Waals surface area contributed by atoms with Crippen LogP contribution in [0.2, 0.25) is 0 Å². The first-order valence-electron chi connectivity index (χ1n) is 6.59. The first kappa shape index (κ1) is 13.6. The van der Waals surface area contributed by atoms with E-state index in [9.17, 15) is 4.79 Å². The van der Waals surface area contributed by atoms with Crippen molar-refractivity contribution in [1.82, 2.24) is 0 Å². The van der Waals surface area contributed by atoms with Crippen LogP contribution in [0.5, 0.6) is 11.5 Å². The van der Waals surface area contributed by atoms with Gasteiger partial charge in [-0.2, -0.15) is 4.99 Å². The predicted molar refractivity (Wildman–Crippen MR) is 72.4 cm³/mol. The molecular weight excluding hydrogens is 242 g/mol. The van der Waals surface area contributed by atoms with Crippen LogP contribution < -0.4 is 9.47 Å². The molecule has 1 aromatic carbocycles. The van der Waals surface area contributed by atoms with E-state index in [0.29, 0.717) is 5.92 Å². The van der Waals surface area contributed by atoms with Crippen molar-refractivity contribution < 1.29 is 14.3 Å². The fourth-order valence-corrected chi connectivity index (χ4v) is 2.83. The van der Waals surface area contributed by atoms with E-state index < -0.39 is 0 Å². The fourth-order valence-electron chi connectivity index (χ4n) is 2.83. The number of hydrogen-bond donors (Lipinski definition) is 0. The van der Waals surface area contributed by atoms with Crippen LogP contribution in [-0.2, 0) is 4.79 Å². The maximum atomic E-state index is 10.7. The molecule has 19 heavy (non-hydrogen) atoms. The highest BCUT2D eigenvalue weighted by Crippen LogP contribution is 2.42. The number of ether oxygens (including phenoxy) is 2. The second kappa shape index (κ2) is 6.39. The van der Waals surface area contributed by atoms with Crippen molar-refractivity contribution in [2.45, 2.75) is 31.7 Å². The number of methoxy groups -OCH3 is 2. The van der Waals surface area contributed by atoms with Crippen LogP contribution in [0.15, 0.2) is 23.2 Å². The van der Waals surface area contributed by atoms with Crippen LogP contribution in [-0.4, -0.2) is 20.3 Å². The van der Waals surface area contributed by atoms with Gasteiger partial charge >= 0.3 is 0 Å². The minimum Gasteiger partial charge on any atom is -0.497 e. The average molecular weight is 261 g/mol. The molecule has 4 nitrogen and oxygen atoms in total. The van der Waals surface area contributed by atoms with Gasteiger partial charge in [-0.25, -0.2) is 4.79 Å². The lowest BCUT2D eigenvalue weighted by atomic mass is 9.91. The molecule has 0 saturated heterocycles. The van der Waals surface area contributed by atoms with Crippen LogP contribution in [0.4, 0.5) is 0 Å². The topological polar surface area (TPSA) is 47.9 Å². The van der Waals surface area contributed by atoms with Gasteiger partial charge in [0.05, 0.1) is 20.3 Å². The maximum Gasteiger partial charge on any atom is 0.235 e. The Kier molecular flexibility index (Phi) is 4.58. The molecule has 0 bridgehead atoms. The number of aliphatic imine (C=N–C) groups is 1. The molecule has 102 valence electrons. The lowest BCUT2D eigenvalue weighted by Crippen LogP contribution is -2.09. The minimum atomic E-state index is -0.176. The van der Waals surface area contributed by atoms with Crippen molar-refractivity contribution in [1.29, 1.82) is 0 Å². The van der Waals surface area contributed by atoms with Crippen LogP contribution in [0.3, 0.4) is 0 Å². The highest BCUT2D eigenvalue weighted by Gasteiger charge is 2.28. The van der Waals surface area contributed by atoms with Gasteiger partial charge in [0.25, 0.3) is 0 Å². The number of nitrogens with zero attached hydrogens (tertiary/aromatic N) is 1. The average Bonchev–Trinajstić information content (AvgIpc) is 2.98. The summed E-state index contributed by atoms with van der Waals surface area (Å²) in [4.78, 5) is 14.8. The van der Waals surface area contributed by atoms with Crippen LogP contribution in [0, 0.1) is 5.92 Å². The van der Waals surface area contributed by atoms with Gasteiger partial charge in [-0.15, -0.1) is 0 Å². The van der Waals surface area contributed by atoms with Crippen molar-refractivity contribution in [3.63, 3.8) is 0 Å². The maximum absolute atomic E-state index is 10.7. The van der Waals surface area contributed by atoms with E-state index in [1.165, 1.54) is 12.8 Å². The Bertz CT molecular complexity index is 474.